The van der Waals surface area contributed by atoms with Crippen LogP contribution in [-0.2, 0) is 18.4 Å². The van der Waals surface area contributed by atoms with E-state index in [1.165, 1.54) is 27.8 Å². The Morgan fingerprint density at radius 3 is 2.37 bits per heavy atom. The highest BCUT2D eigenvalue weighted by Crippen LogP contribution is 2.50. The number of rotatable bonds is 4. The lowest BCUT2D eigenvalue weighted by Crippen LogP contribution is -2.29. The Hall–Kier alpha value is -2.74. The van der Waals surface area contributed by atoms with Crippen molar-refractivity contribution in [2.75, 3.05) is 7.11 Å². The van der Waals surface area contributed by atoms with Crippen LogP contribution < -0.4 is 9.47 Å². The second kappa shape index (κ2) is 6.77. The molecule has 0 N–H and O–H groups in total. The third-order valence-electron chi connectivity index (χ3n) is 5.35. The lowest BCUT2D eigenvalue weighted by Gasteiger charge is -2.36. The molecule has 0 unspecified atom stereocenters. The minimum absolute atomic E-state index is 0.362. The summed E-state index contributed by atoms with van der Waals surface area (Å²) in [6, 6.07) is 21.5. The van der Waals surface area contributed by atoms with Crippen LogP contribution in [0.1, 0.15) is 36.1 Å². The molecule has 2 heteroatoms. The number of hydrogen-bond donors (Lipinski definition) is 0. The highest BCUT2D eigenvalue weighted by molar-refractivity contribution is 5.82. The quantitative estimate of drug-likeness (QED) is 0.562. The molecule has 138 valence electrons. The third-order valence-corrected chi connectivity index (χ3v) is 5.35. The predicted molar refractivity (Wildman–Crippen MR) is 111 cm³/mol. The molecule has 3 aromatic rings. The summed E-state index contributed by atoms with van der Waals surface area (Å²) in [5.41, 5.74) is 6.95. The Morgan fingerprint density at radius 2 is 1.63 bits per heavy atom. The Morgan fingerprint density at radius 1 is 0.889 bits per heavy atom. The molecule has 0 radical (unpaired) electrons. The van der Waals surface area contributed by atoms with Crippen LogP contribution in [0.5, 0.6) is 11.5 Å². The normalized spacial score (nSPS) is 14.1. The Labute approximate surface area is 161 Å². The monoisotopic (exact) mass is 358 g/mol. The van der Waals surface area contributed by atoms with Gasteiger partial charge < -0.3 is 9.47 Å². The standard InChI is InChI=1S/C25H26O2/c1-17-10-13-21-20(14-17)24-22(26-4)15-19(16-23(24)27-25(21,2)3)12-11-18-8-6-5-7-9-18/h5-10,13-16H,11-12H2,1-4H3. The molecule has 0 amide bonds. The van der Waals surface area contributed by atoms with Gasteiger partial charge in [-0.1, -0.05) is 54.1 Å². The summed E-state index contributed by atoms with van der Waals surface area (Å²) in [5.74, 6) is 1.80. The van der Waals surface area contributed by atoms with Crippen LogP contribution in [0.15, 0.2) is 60.7 Å². The molecule has 0 spiro atoms. The summed E-state index contributed by atoms with van der Waals surface area (Å²) in [5, 5.41) is 0. The summed E-state index contributed by atoms with van der Waals surface area (Å²) in [6.45, 7) is 6.39. The topological polar surface area (TPSA) is 18.5 Å². The minimum atomic E-state index is -0.362. The van der Waals surface area contributed by atoms with Gasteiger partial charge in [-0.25, -0.2) is 0 Å². The average molecular weight is 358 g/mol. The van der Waals surface area contributed by atoms with Crippen molar-refractivity contribution in [3.8, 4) is 22.6 Å². The first-order valence-electron chi connectivity index (χ1n) is 9.53. The summed E-state index contributed by atoms with van der Waals surface area (Å²) in [7, 11) is 1.74. The van der Waals surface area contributed by atoms with Crippen LogP contribution in [0.3, 0.4) is 0 Å². The number of ether oxygens (including phenoxy) is 2. The molecule has 0 bridgehead atoms. The van der Waals surface area contributed by atoms with Crippen molar-refractivity contribution in [2.24, 2.45) is 0 Å². The fraction of sp³-hybridized carbons (Fsp3) is 0.280. The van der Waals surface area contributed by atoms with E-state index in [1.807, 2.05) is 0 Å². The maximum atomic E-state index is 6.44. The van der Waals surface area contributed by atoms with Gasteiger partial charge in [-0.3, -0.25) is 0 Å². The van der Waals surface area contributed by atoms with Gasteiger partial charge in [0.05, 0.1) is 12.7 Å². The molecule has 27 heavy (non-hydrogen) atoms. The van der Waals surface area contributed by atoms with E-state index in [0.29, 0.717) is 0 Å². The molecule has 2 nitrogen and oxygen atoms in total. The van der Waals surface area contributed by atoms with E-state index in [2.05, 4.69) is 81.4 Å². The van der Waals surface area contributed by atoms with Crippen LogP contribution in [0.2, 0.25) is 0 Å². The summed E-state index contributed by atoms with van der Waals surface area (Å²) in [4.78, 5) is 0. The Bertz CT molecular complexity index is 971. The first-order valence-corrected chi connectivity index (χ1v) is 9.53. The zero-order chi connectivity index (χ0) is 19.0. The van der Waals surface area contributed by atoms with Gasteiger partial charge in [0.1, 0.15) is 17.1 Å². The van der Waals surface area contributed by atoms with Crippen molar-refractivity contribution in [3.63, 3.8) is 0 Å². The maximum Gasteiger partial charge on any atom is 0.132 e. The SMILES string of the molecule is COc1cc(CCc2ccccc2)cc2c1-c1cc(C)ccc1C(C)(C)O2. The van der Waals surface area contributed by atoms with E-state index in [0.717, 1.165) is 29.9 Å². The van der Waals surface area contributed by atoms with Crippen molar-refractivity contribution in [3.05, 3.63) is 82.9 Å². The molecule has 0 saturated carbocycles. The third kappa shape index (κ3) is 3.32. The molecule has 0 atom stereocenters. The summed E-state index contributed by atoms with van der Waals surface area (Å²) >= 11 is 0. The fourth-order valence-electron chi connectivity index (χ4n) is 3.95. The number of fused-ring (bicyclic) bond motifs is 3. The van der Waals surface area contributed by atoms with E-state index in [9.17, 15) is 0 Å². The summed E-state index contributed by atoms with van der Waals surface area (Å²) in [6.07, 6.45) is 1.96. The first kappa shape index (κ1) is 17.7. The van der Waals surface area contributed by atoms with Gasteiger partial charge in [0.2, 0.25) is 0 Å². The van der Waals surface area contributed by atoms with Crippen molar-refractivity contribution < 1.29 is 9.47 Å². The lowest BCUT2D eigenvalue weighted by atomic mass is 9.84. The van der Waals surface area contributed by atoms with Crippen molar-refractivity contribution in [2.45, 2.75) is 39.2 Å². The van der Waals surface area contributed by atoms with Gasteiger partial charge in [0, 0.05) is 5.56 Å². The molecule has 3 aromatic carbocycles. The maximum absolute atomic E-state index is 6.44. The van der Waals surface area contributed by atoms with Gasteiger partial charge in [-0.2, -0.15) is 0 Å². The number of benzene rings is 3. The van der Waals surface area contributed by atoms with Crippen LogP contribution in [0.25, 0.3) is 11.1 Å². The molecule has 0 saturated heterocycles. The molecule has 0 aromatic heterocycles. The van der Waals surface area contributed by atoms with Crippen LogP contribution in [0, 0.1) is 6.92 Å². The van der Waals surface area contributed by atoms with Crippen LogP contribution >= 0.6 is 0 Å². The van der Waals surface area contributed by atoms with Gasteiger partial charge in [-0.05, 0) is 62.4 Å². The van der Waals surface area contributed by atoms with E-state index in [1.54, 1.807) is 7.11 Å². The van der Waals surface area contributed by atoms with Crippen molar-refractivity contribution >= 4 is 0 Å². The minimum Gasteiger partial charge on any atom is -0.496 e. The molecule has 4 rings (SSSR count). The van der Waals surface area contributed by atoms with Crippen molar-refractivity contribution in [1.29, 1.82) is 0 Å². The smallest absolute Gasteiger partial charge is 0.132 e. The zero-order valence-corrected chi connectivity index (χ0v) is 16.5. The fourth-order valence-corrected chi connectivity index (χ4v) is 3.95. The summed E-state index contributed by atoms with van der Waals surface area (Å²) < 4.78 is 12.2. The van der Waals surface area contributed by atoms with E-state index in [-0.39, 0.29) is 5.60 Å². The second-order valence-electron chi connectivity index (χ2n) is 7.82. The number of methoxy groups -OCH3 is 1. The van der Waals surface area contributed by atoms with E-state index < -0.39 is 0 Å². The molecule has 1 aliphatic rings. The molecular formula is C25H26O2. The van der Waals surface area contributed by atoms with E-state index >= 15 is 0 Å². The largest absolute Gasteiger partial charge is 0.496 e. The lowest BCUT2D eigenvalue weighted by molar-refractivity contribution is 0.105. The second-order valence-corrected chi connectivity index (χ2v) is 7.82. The highest BCUT2D eigenvalue weighted by Gasteiger charge is 2.34. The molecule has 0 aliphatic carbocycles. The molecule has 1 heterocycles. The Kier molecular flexibility index (Phi) is 4.43. The van der Waals surface area contributed by atoms with Gasteiger partial charge >= 0.3 is 0 Å². The number of aryl methyl sites for hydroxylation is 3. The average Bonchev–Trinajstić information content (AvgIpc) is 2.65. The predicted octanol–water partition coefficient (Wildman–Crippen LogP) is 6.08. The molecule has 0 fully saturated rings. The highest BCUT2D eigenvalue weighted by atomic mass is 16.5. The van der Waals surface area contributed by atoms with Gasteiger partial charge in [-0.15, -0.1) is 0 Å². The number of hydrogen-bond acceptors (Lipinski definition) is 2. The molecular weight excluding hydrogens is 332 g/mol. The molecule has 1 aliphatic heterocycles. The van der Waals surface area contributed by atoms with E-state index in [4.69, 9.17) is 9.47 Å². The van der Waals surface area contributed by atoms with Crippen LogP contribution in [0.4, 0.5) is 0 Å². The van der Waals surface area contributed by atoms with Crippen molar-refractivity contribution in [1.82, 2.24) is 0 Å². The van der Waals surface area contributed by atoms with Gasteiger partial charge in [0.15, 0.2) is 0 Å². The van der Waals surface area contributed by atoms with Crippen LogP contribution in [-0.4, -0.2) is 7.11 Å². The van der Waals surface area contributed by atoms with Gasteiger partial charge in [0.25, 0.3) is 0 Å². The Balaban J connectivity index is 1.77. The zero-order valence-electron chi connectivity index (χ0n) is 16.5. The first-order chi connectivity index (χ1) is 13.0.